The average Bonchev–Trinajstić information content (AvgIpc) is 3.29. The van der Waals surface area contributed by atoms with E-state index in [1.54, 1.807) is 6.92 Å². The SMILES string of the molecule is CCCS(=O)(=O)N(Cc1ncc(-c2nnc(C(F)F)o2)s1)c1cncc(Cl)c1. The zero-order chi connectivity index (χ0) is 20.3. The minimum absolute atomic E-state index is 0.0703. The topological polar surface area (TPSA) is 102 Å². The molecule has 8 nitrogen and oxygen atoms in total. The highest BCUT2D eigenvalue weighted by atomic mass is 35.5. The molecule has 0 aromatic carbocycles. The molecule has 0 N–H and O–H groups in total. The molecule has 3 heterocycles. The molecule has 0 saturated heterocycles. The number of rotatable bonds is 8. The standard InChI is InChI=1S/C15H14ClF2N5O3S2/c1-2-3-28(24,25)23(10-4-9(16)5-19-6-10)8-12-20-7-11(27-12)14-21-22-15(26-14)13(17)18/h4-7,13H,2-3,8H2,1H3. The Kier molecular flexibility index (Phi) is 6.20. The molecule has 0 fully saturated rings. The molecule has 0 aliphatic heterocycles. The first-order chi connectivity index (χ1) is 13.3. The maximum Gasteiger partial charge on any atom is 0.314 e. The summed E-state index contributed by atoms with van der Waals surface area (Å²) < 4.78 is 56.7. The van der Waals surface area contributed by atoms with Crippen molar-refractivity contribution in [1.82, 2.24) is 20.2 Å². The largest absolute Gasteiger partial charge is 0.414 e. The summed E-state index contributed by atoms with van der Waals surface area (Å²) in [5.74, 6) is -0.965. The van der Waals surface area contributed by atoms with Crippen molar-refractivity contribution in [3.8, 4) is 10.8 Å². The van der Waals surface area contributed by atoms with Crippen molar-refractivity contribution in [2.75, 3.05) is 10.1 Å². The van der Waals surface area contributed by atoms with Crippen LogP contribution in [0.3, 0.4) is 0 Å². The second-order valence-corrected chi connectivity index (χ2v) is 9.11. The summed E-state index contributed by atoms with van der Waals surface area (Å²) >= 11 is 7.01. The predicted molar refractivity (Wildman–Crippen MR) is 99.9 cm³/mol. The van der Waals surface area contributed by atoms with E-state index in [1.807, 2.05) is 0 Å². The summed E-state index contributed by atoms with van der Waals surface area (Å²) in [6.07, 6.45) is 1.70. The van der Waals surface area contributed by atoms with Crippen molar-refractivity contribution in [2.45, 2.75) is 26.3 Å². The molecule has 0 spiro atoms. The molecule has 3 rings (SSSR count). The lowest BCUT2D eigenvalue weighted by atomic mass is 10.4. The number of sulfonamides is 1. The molecule has 150 valence electrons. The van der Waals surface area contributed by atoms with E-state index in [0.29, 0.717) is 27.0 Å². The number of hydrogen-bond donors (Lipinski definition) is 0. The lowest BCUT2D eigenvalue weighted by Gasteiger charge is -2.23. The normalized spacial score (nSPS) is 11.9. The smallest absolute Gasteiger partial charge is 0.314 e. The van der Waals surface area contributed by atoms with Gasteiger partial charge in [-0.2, -0.15) is 8.78 Å². The van der Waals surface area contributed by atoms with Gasteiger partial charge in [-0.15, -0.1) is 21.5 Å². The molecule has 3 aromatic rings. The fourth-order valence-corrected chi connectivity index (χ4v) is 4.84. The van der Waals surface area contributed by atoms with Gasteiger partial charge in [0.05, 0.1) is 35.4 Å². The Morgan fingerprint density at radius 1 is 1.29 bits per heavy atom. The summed E-state index contributed by atoms with van der Waals surface area (Å²) in [5, 5.41) is 7.53. The van der Waals surface area contributed by atoms with Crippen LogP contribution in [-0.4, -0.2) is 34.3 Å². The molecule has 0 bridgehead atoms. The fourth-order valence-electron chi connectivity index (χ4n) is 2.28. The highest BCUT2D eigenvalue weighted by Gasteiger charge is 2.25. The Hall–Kier alpha value is -2.18. The number of pyridine rings is 1. The number of hydrogen-bond acceptors (Lipinski definition) is 8. The quantitative estimate of drug-likeness (QED) is 0.513. The molecule has 0 atom stereocenters. The van der Waals surface area contributed by atoms with Crippen molar-refractivity contribution in [3.63, 3.8) is 0 Å². The number of aromatic nitrogens is 4. The maximum atomic E-state index is 12.7. The number of anilines is 1. The number of nitrogens with zero attached hydrogens (tertiary/aromatic N) is 5. The van der Waals surface area contributed by atoms with E-state index in [-0.39, 0.29) is 18.2 Å². The Morgan fingerprint density at radius 2 is 2.07 bits per heavy atom. The minimum atomic E-state index is -3.65. The molecular weight excluding hydrogens is 436 g/mol. The van der Waals surface area contributed by atoms with Crippen LogP contribution in [0.25, 0.3) is 10.8 Å². The lowest BCUT2D eigenvalue weighted by molar-refractivity contribution is 0.116. The zero-order valence-electron chi connectivity index (χ0n) is 14.4. The van der Waals surface area contributed by atoms with Gasteiger partial charge in [-0.05, 0) is 12.5 Å². The molecule has 0 unspecified atom stereocenters. The van der Waals surface area contributed by atoms with Crippen LogP contribution in [0.1, 0.15) is 30.7 Å². The molecule has 0 saturated carbocycles. The third-order valence-corrected chi connectivity index (χ3v) is 6.56. The van der Waals surface area contributed by atoms with Gasteiger partial charge in [0.25, 0.3) is 11.8 Å². The van der Waals surface area contributed by atoms with Gasteiger partial charge in [0.1, 0.15) is 9.88 Å². The Labute approximate surface area is 168 Å². The zero-order valence-corrected chi connectivity index (χ0v) is 16.8. The van der Waals surface area contributed by atoms with Crippen LogP contribution < -0.4 is 4.31 Å². The monoisotopic (exact) mass is 449 g/mol. The van der Waals surface area contributed by atoms with Crippen molar-refractivity contribution >= 4 is 38.6 Å². The van der Waals surface area contributed by atoms with E-state index < -0.39 is 22.3 Å². The molecule has 0 aliphatic rings. The van der Waals surface area contributed by atoms with Gasteiger partial charge in [0, 0.05) is 6.20 Å². The molecular formula is C15H14ClF2N5O3S2. The average molecular weight is 450 g/mol. The molecule has 0 amide bonds. The summed E-state index contributed by atoms with van der Waals surface area (Å²) in [6, 6.07) is 1.49. The van der Waals surface area contributed by atoms with E-state index in [4.69, 9.17) is 16.0 Å². The summed E-state index contributed by atoms with van der Waals surface area (Å²) in [5.41, 5.74) is 0.301. The van der Waals surface area contributed by atoms with Crippen LogP contribution >= 0.6 is 22.9 Å². The van der Waals surface area contributed by atoms with Crippen molar-refractivity contribution in [1.29, 1.82) is 0 Å². The van der Waals surface area contributed by atoms with Crippen LogP contribution in [0.2, 0.25) is 5.02 Å². The maximum absolute atomic E-state index is 12.7. The third kappa shape index (κ3) is 4.62. The highest BCUT2D eigenvalue weighted by Crippen LogP contribution is 2.30. The summed E-state index contributed by atoms with van der Waals surface area (Å²) in [6.45, 7) is 1.68. The second kappa shape index (κ2) is 8.45. The van der Waals surface area contributed by atoms with Crippen LogP contribution in [0.15, 0.2) is 29.1 Å². The van der Waals surface area contributed by atoms with Gasteiger partial charge in [-0.1, -0.05) is 18.5 Å². The first-order valence-corrected chi connectivity index (χ1v) is 10.8. The minimum Gasteiger partial charge on any atom is -0.414 e. The predicted octanol–water partition coefficient (Wildman–Crippen LogP) is 3.93. The number of alkyl halides is 2. The molecule has 3 aromatic heterocycles. The second-order valence-electron chi connectivity index (χ2n) is 5.55. The van der Waals surface area contributed by atoms with Gasteiger partial charge in [-0.3, -0.25) is 9.29 Å². The van der Waals surface area contributed by atoms with Crippen LogP contribution in [0.5, 0.6) is 0 Å². The van der Waals surface area contributed by atoms with Crippen molar-refractivity contribution in [3.05, 3.63) is 40.6 Å². The molecule has 28 heavy (non-hydrogen) atoms. The highest BCUT2D eigenvalue weighted by molar-refractivity contribution is 7.92. The van der Waals surface area contributed by atoms with Crippen LogP contribution in [-0.2, 0) is 16.6 Å². The fraction of sp³-hybridized carbons (Fsp3) is 0.333. The van der Waals surface area contributed by atoms with E-state index in [0.717, 1.165) is 15.6 Å². The van der Waals surface area contributed by atoms with Gasteiger partial charge >= 0.3 is 6.43 Å². The van der Waals surface area contributed by atoms with E-state index in [9.17, 15) is 17.2 Å². The number of thiazole rings is 1. The van der Waals surface area contributed by atoms with Crippen LogP contribution in [0.4, 0.5) is 14.5 Å². The van der Waals surface area contributed by atoms with Gasteiger partial charge in [-0.25, -0.2) is 13.4 Å². The van der Waals surface area contributed by atoms with Gasteiger partial charge < -0.3 is 4.42 Å². The van der Waals surface area contributed by atoms with E-state index in [2.05, 4.69) is 20.2 Å². The first-order valence-electron chi connectivity index (χ1n) is 7.97. The van der Waals surface area contributed by atoms with Gasteiger partial charge in [0.15, 0.2) is 0 Å². The summed E-state index contributed by atoms with van der Waals surface area (Å²) in [7, 11) is -3.65. The Morgan fingerprint density at radius 3 is 2.71 bits per heavy atom. The molecule has 0 aliphatic carbocycles. The lowest BCUT2D eigenvalue weighted by Crippen LogP contribution is -2.32. The molecule has 13 heteroatoms. The van der Waals surface area contributed by atoms with Gasteiger partial charge in [0.2, 0.25) is 10.0 Å². The van der Waals surface area contributed by atoms with Crippen molar-refractivity contribution in [2.24, 2.45) is 0 Å². The van der Waals surface area contributed by atoms with Crippen molar-refractivity contribution < 1.29 is 21.6 Å². The Bertz CT molecular complexity index is 1060. The Balaban J connectivity index is 1.90. The van der Waals surface area contributed by atoms with Crippen LogP contribution in [0, 0.1) is 0 Å². The third-order valence-electron chi connectivity index (χ3n) is 3.45. The molecule has 0 radical (unpaired) electrons. The van der Waals surface area contributed by atoms with E-state index in [1.165, 1.54) is 24.7 Å². The first kappa shape index (κ1) is 20.6. The van der Waals surface area contributed by atoms with E-state index >= 15 is 0 Å². The summed E-state index contributed by atoms with van der Waals surface area (Å²) in [4.78, 5) is 8.44. The number of halogens is 3.